The summed E-state index contributed by atoms with van der Waals surface area (Å²) < 4.78 is 22.9. The summed E-state index contributed by atoms with van der Waals surface area (Å²) >= 11 is 0. The van der Waals surface area contributed by atoms with Crippen LogP contribution in [0.25, 0.3) is 0 Å². The van der Waals surface area contributed by atoms with Crippen LogP contribution in [-0.4, -0.2) is 37.8 Å². The highest BCUT2D eigenvalue weighted by molar-refractivity contribution is 7.90. The maximum atomic E-state index is 11.6. The molecule has 1 saturated heterocycles. The SMILES string of the molecule is CCC1(C(=O)O)CCCN1c1ccc(S(C)(=O)=O)cc1. The largest absolute Gasteiger partial charge is 0.479 e. The molecule has 1 heterocycles. The van der Waals surface area contributed by atoms with E-state index < -0.39 is 21.3 Å². The molecule has 1 fully saturated rings. The van der Waals surface area contributed by atoms with Crippen molar-refractivity contribution in [3.63, 3.8) is 0 Å². The fourth-order valence-electron chi connectivity index (χ4n) is 2.87. The predicted octanol–water partition coefficient (Wildman–Crippen LogP) is 1.92. The molecule has 110 valence electrons. The van der Waals surface area contributed by atoms with E-state index in [9.17, 15) is 18.3 Å². The van der Waals surface area contributed by atoms with Crippen molar-refractivity contribution in [2.45, 2.75) is 36.6 Å². The molecule has 1 unspecified atom stereocenters. The summed E-state index contributed by atoms with van der Waals surface area (Å²) in [5.41, 5.74) is -0.105. The second-order valence-corrected chi connectivity index (χ2v) is 7.23. The molecule has 20 heavy (non-hydrogen) atoms. The molecule has 6 heteroatoms. The van der Waals surface area contributed by atoms with Crippen molar-refractivity contribution >= 4 is 21.5 Å². The third kappa shape index (κ3) is 2.40. The number of hydrogen-bond acceptors (Lipinski definition) is 4. The zero-order valence-electron chi connectivity index (χ0n) is 11.7. The highest BCUT2D eigenvalue weighted by Gasteiger charge is 2.46. The van der Waals surface area contributed by atoms with E-state index in [1.54, 1.807) is 12.1 Å². The van der Waals surface area contributed by atoms with E-state index in [0.717, 1.165) is 18.4 Å². The molecule has 5 nitrogen and oxygen atoms in total. The molecule has 1 aromatic carbocycles. The Morgan fingerprint density at radius 1 is 1.35 bits per heavy atom. The van der Waals surface area contributed by atoms with Gasteiger partial charge in [-0.15, -0.1) is 0 Å². The van der Waals surface area contributed by atoms with Gasteiger partial charge in [-0.1, -0.05) is 6.92 Å². The molecule has 1 N–H and O–H groups in total. The average molecular weight is 297 g/mol. The van der Waals surface area contributed by atoms with E-state index in [1.165, 1.54) is 12.1 Å². The average Bonchev–Trinajstić information content (AvgIpc) is 2.83. The number of nitrogens with zero attached hydrogens (tertiary/aromatic N) is 1. The monoisotopic (exact) mass is 297 g/mol. The van der Waals surface area contributed by atoms with Crippen LogP contribution in [0.2, 0.25) is 0 Å². The van der Waals surface area contributed by atoms with Crippen LogP contribution in [0.5, 0.6) is 0 Å². The summed E-state index contributed by atoms with van der Waals surface area (Å²) in [6, 6.07) is 6.45. The zero-order valence-corrected chi connectivity index (χ0v) is 12.5. The van der Waals surface area contributed by atoms with Gasteiger partial charge in [0.2, 0.25) is 0 Å². The van der Waals surface area contributed by atoms with Gasteiger partial charge in [-0.25, -0.2) is 13.2 Å². The second-order valence-electron chi connectivity index (χ2n) is 5.21. The maximum Gasteiger partial charge on any atom is 0.329 e. The molecule has 0 aliphatic carbocycles. The van der Waals surface area contributed by atoms with Crippen molar-refractivity contribution in [1.82, 2.24) is 0 Å². The van der Waals surface area contributed by atoms with E-state index >= 15 is 0 Å². The summed E-state index contributed by atoms with van der Waals surface area (Å²) in [6.45, 7) is 2.55. The molecule has 0 radical (unpaired) electrons. The molecule has 0 saturated carbocycles. The molecule has 0 bridgehead atoms. The van der Waals surface area contributed by atoms with Gasteiger partial charge in [-0.05, 0) is 43.5 Å². The molecular formula is C14H19NO4S. The van der Waals surface area contributed by atoms with Gasteiger partial charge in [0, 0.05) is 18.5 Å². The number of hydrogen-bond donors (Lipinski definition) is 1. The maximum absolute atomic E-state index is 11.6. The number of aliphatic carboxylic acids is 1. The molecule has 2 rings (SSSR count). The third-order valence-corrected chi connectivity index (χ3v) is 5.18. The molecule has 0 spiro atoms. The number of benzene rings is 1. The minimum atomic E-state index is -3.23. The molecular weight excluding hydrogens is 278 g/mol. The Kier molecular flexibility index (Phi) is 3.77. The number of carbonyl (C=O) groups is 1. The Morgan fingerprint density at radius 2 is 1.95 bits per heavy atom. The van der Waals surface area contributed by atoms with Crippen molar-refractivity contribution in [3.8, 4) is 0 Å². The second kappa shape index (κ2) is 5.09. The van der Waals surface area contributed by atoms with Crippen molar-refractivity contribution in [2.24, 2.45) is 0 Å². The van der Waals surface area contributed by atoms with Crippen LogP contribution >= 0.6 is 0 Å². The van der Waals surface area contributed by atoms with Crippen molar-refractivity contribution in [1.29, 1.82) is 0 Å². The molecule has 0 aromatic heterocycles. The highest BCUT2D eigenvalue weighted by Crippen LogP contribution is 2.37. The number of rotatable bonds is 4. The van der Waals surface area contributed by atoms with Crippen LogP contribution < -0.4 is 4.90 Å². The molecule has 1 aliphatic heterocycles. The van der Waals surface area contributed by atoms with Crippen LogP contribution in [-0.2, 0) is 14.6 Å². The summed E-state index contributed by atoms with van der Waals surface area (Å²) in [7, 11) is -3.23. The molecule has 1 atom stereocenters. The summed E-state index contributed by atoms with van der Waals surface area (Å²) in [5.74, 6) is -0.815. The fourth-order valence-corrected chi connectivity index (χ4v) is 3.50. The van der Waals surface area contributed by atoms with Gasteiger partial charge in [-0.2, -0.15) is 0 Å². The van der Waals surface area contributed by atoms with E-state index in [0.29, 0.717) is 19.4 Å². The van der Waals surface area contributed by atoms with Gasteiger partial charge < -0.3 is 10.0 Å². The smallest absolute Gasteiger partial charge is 0.329 e. The fraction of sp³-hybridized carbons (Fsp3) is 0.500. The van der Waals surface area contributed by atoms with E-state index in [-0.39, 0.29) is 4.90 Å². The number of carboxylic acids is 1. The van der Waals surface area contributed by atoms with Crippen molar-refractivity contribution in [2.75, 3.05) is 17.7 Å². The van der Waals surface area contributed by atoms with Crippen LogP contribution in [0.3, 0.4) is 0 Å². The Morgan fingerprint density at radius 3 is 2.40 bits per heavy atom. The first kappa shape index (κ1) is 14.8. The first-order chi connectivity index (χ1) is 9.31. The van der Waals surface area contributed by atoms with Crippen LogP contribution in [0, 0.1) is 0 Å². The normalized spacial score (nSPS) is 23.0. The number of sulfone groups is 1. The van der Waals surface area contributed by atoms with Gasteiger partial charge in [0.15, 0.2) is 9.84 Å². The minimum Gasteiger partial charge on any atom is -0.479 e. The van der Waals surface area contributed by atoms with E-state index in [1.807, 2.05) is 11.8 Å². The molecule has 0 amide bonds. The van der Waals surface area contributed by atoms with Crippen molar-refractivity contribution < 1.29 is 18.3 Å². The standard InChI is InChI=1S/C14H19NO4S/c1-3-14(13(16)17)9-4-10-15(14)11-5-7-12(8-6-11)20(2,18)19/h5-8H,3-4,9-10H2,1-2H3,(H,16,17). The Balaban J connectivity index is 2.38. The first-order valence-electron chi connectivity index (χ1n) is 6.62. The lowest BCUT2D eigenvalue weighted by atomic mass is 9.92. The summed E-state index contributed by atoms with van der Waals surface area (Å²) in [6.07, 6.45) is 3.13. The van der Waals surface area contributed by atoms with Gasteiger partial charge in [0.25, 0.3) is 0 Å². The van der Waals surface area contributed by atoms with Gasteiger partial charge in [0.05, 0.1) is 4.90 Å². The minimum absolute atomic E-state index is 0.248. The third-order valence-electron chi connectivity index (χ3n) is 4.05. The summed E-state index contributed by atoms with van der Waals surface area (Å²) in [4.78, 5) is 13.8. The van der Waals surface area contributed by atoms with E-state index in [4.69, 9.17) is 0 Å². The lowest BCUT2D eigenvalue weighted by molar-refractivity contribution is -0.143. The van der Waals surface area contributed by atoms with E-state index in [2.05, 4.69) is 0 Å². The number of anilines is 1. The lowest BCUT2D eigenvalue weighted by Crippen LogP contribution is -2.50. The lowest BCUT2D eigenvalue weighted by Gasteiger charge is -2.35. The van der Waals surface area contributed by atoms with Gasteiger partial charge in [0.1, 0.15) is 5.54 Å². The predicted molar refractivity (Wildman–Crippen MR) is 76.8 cm³/mol. The molecule has 1 aliphatic rings. The van der Waals surface area contributed by atoms with Crippen LogP contribution in [0.4, 0.5) is 5.69 Å². The van der Waals surface area contributed by atoms with Gasteiger partial charge in [-0.3, -0.25) is 0 Å². The quantitative estimate of drug-likeness (QED) is 0.919. The van der Waals surface area contributed by atoms with Gasteiger partial charge >= 0.3 is 5.97 Å². The first-order valence-corrected chi connectivity index (χ1v) is 8.51. The Hall–Kier alpha value is -1.56. The Bertz CT molecular complexity index is 609. The highest BCUT2D eigenvalue weighted by atomic mass is 32.2. The topological polar surface area (TPSA) is 74.7 Å². The Labute approximate surface area is 119 Å². The van der Waals surface area contributed by atoms with Crippen molar-refractivity contribution in [3.05, 3.63) is 24.3 Å². The van der Waals surface area contributed by atoms with Crippen LogP contribution in [0.15, 0.2) is 29.2 Å². The summed E-state index contributed by atoms with van der Waals surface area (Å²) in [5, 5.41) is 9.54. The van der Waals surface area contributed by atoms with Crippen LogP contribution in [0.1, 0.15) is 26.2 Å². The zero-order chi connectivity index (χ0) is 15.0. The molecule has 1 aromatic rings. The number of carboxylic acid groups (broad SMARTS) is 1.